The summed E-state index contributed by atoms with van der Waals surface area (Å²) in [6.45, 7) is 3.86. The van der Waals surface area contributed by atoms with E-state index in [1.165, 1.54) is 13.1 Å². The molecule has 2 aromatic carbocycles. The molecule has 1 amide bonds. The molecule has 0 saturated carbocycles. The van der Waals surface area contributed by atoms with E-state index >= 15 is 0 Å². The number of nitrogens with zero attached hydrogens (tertiary/aromatic N) is 3. The van der Waals surface area contributed by atoms with Crippen LogP contribution in [0.3, 0.4) is 0 Å². The quantitative estimate of drug-likeness (QED) is 0.413. The van der Waals surface area contributed by atoms with Crippen LogP contribution in [0.15, 0.2) is 71.1 Å². The van der Waals surface area contributed by atoms with Crippen LogP contribution in [-0.2, 0) is 16.6 Å². The van der Waals surface area contributed by atoms with Gasteiger partial charge in [-0.15, -0.1) is 11.3 Å². The van der Waals surface area contributed by atoms with Crippen LogP contribution in [0.1, 0.15) is 27.0 Å². The van der Waals surface area contributed by atoms with Crippen molar-refractivity contribution in [1.82, 2.24) is 19.4 Å². The molecule has 0 unspecified atom stereocenters. The van der Waals surface area contributed by atoms with Gasteiger partial charge >= 0.3 is 0 Å². The summed E-state index contributed by atoms with van der Waals surface area (Å²) in [5.74, 6) is -0.264. The number of thiophene rings is 1. The van der Waals surface area contributed by atoms with Gasteiger partial charge in [-0.25, -0.2) is 17.8 Å². The number of aromatic nitrogens is 2. The molecule has 0 atom stereocenters. The third kappa shape index (κ3) is 4.68. The van der Waals surface area contributed by atoms with E-state index in [2.05, 4.69) is 4.72 Å². The first-order valence-electron chi connectivity index (χ1n) is 10.7. The minimum Gasteiger partial charge on any atom is -0.337 e. The summed E-state index contributed by atoms with van der Waals surface area (Å²) in [5, 5.41) is 6.79. The number of para-hydroxylation sites is 1. The van der Waals surface area contributed by atoms with Crippen molar-refractivity contribution in [2.45, 2.75) is 25.3 Å². The van der Waals surface area contributed by atoms with Crippen molar-refractivity contribution >= 4 is 27.3 Å². The van der Waals surface area contributed by atoms with Crippen molar-refractivity contribution in [3.63, 3.8) is 0 Å². The van der Waals surface area contributed by atoms with Crippen molar-refractivity contribution in [2.75, 3.05) is 14.1 Å². The van der Waals surface area contributed by atoms with Crippen molar-refractivity contribution in [3.05, 3.63) is 88.4 Å². The highest BCUT2D eigenvalue weighted by Gasteiger charge is 2.22. The van der Waals surface area contributed by atoms with Gasteiger partial charge in [-0.3, -0.25) is 4.79 Å². The summed E-state index contributed by atoms with van der Waals surface area (Å²) < 4.78 is 29.1. The largest absolute Gasteiger partial charge is 0.337 e. The van der Waals surface area contributed by atoms with E-state index in [0.717, 1.165) is 27.4 Å². The standard InChI is InChI=1S/C25H26N4O3S2/c1-17-13-19(14-23(18(17)2)34(31,32)26-3)25(30)28(4)15-20-16-29(21-9-6-5-7-10-21)27-24(20)22-11-8-12-33-22/h5-14,16,26H,15H2,1-4H3. The molecular formula is C25H26N4O3S2. The highest BCUT2D eigenvalue weighted by molar-refractivity contribution is 7.89. The summed E-state index contributed by atoms with van der Waals surface area (Å²) in [6, 6.07) is 17.0. The number of sulfonamides is 1. The molecular weight excluding hydrogens is 468 g/mol. The van der Waals surface area contributed by atoms with Crippen LogP contribution in [0.2, 0.25) is 0 Å². The molecule has 9 heteroatoms. The Labute approximate surface area is 203 Å². The van der Waals surface area contributed by atoms with E-state index in [9.17, 15) is 13.2 Å². The van der Waals surface area contributed by atoms with E-state index in [1.807, 2.05) is 58.7 Å². The van der Waals surface area contributed by atoms with E-state index in [4.69, 9.17) is 5.10 Å². The number of aryl methyl sites for hydroxylation is 1. The van der Waals surface area contributed by atoms with Gasteiger partial charge in [0, 0.05) is 30.9 Å². The highest BCUT2D eigenvalue weighted by Crippen LogP contribution is 2.29. The fourth-order valence-electron chi connectivity index (χ4n) is 3.75. The average Bonchev–Trinajstić information content (AvgIpc) is 3.50. The molecule has 0 aliphatic heterocycles. The van der Waals surface area contributed by atoms with Gasteiger partial charge in [0.15, 0.2) is 0 Å². The Morgan fingerprint density at radius 2 is 1.85 bits per heavy atom. The summed E-state index contributed by atoms with van der Waals surface area (Å²) >= 11 is 1.59. The maximum Gasteiger partial charge on any atom is 0.253 e. The van der Waals surface area contributed by atoms with E-state index in [-0.39, 0.29) is 10.8 Å². The second-order valence-electron chi connectivity index (χ2n) is 8.05. The lowest BCUT2D eigenvalue weighted by Crippen LogP contribution is -2.27. The zero-order chi connectivity index (χ0) is 24.5. The number of hydrogen-bond acceptors (Lipinski definition) is 5. The van der Waals surface area contributed by atoms with Crippen molar-refractivity contribution in [3.8, 4) is 16.3 Å². The molecule has 4 rings (SSSR count). The lowest BCUT2D eigenvalue weighted by atomic mass is 10.1. The number of benzene rings is 2. The van der Waals surface area contributed by atoms with Crippen LogP contribution in [0.4, 0.5) is 0 Å². The molecule has 0 aliphatic carbocycles. The molecule has 7 nitrogen and oxygen atoms in total. The summed E-state index contributed by atoms with van der Waals surface area (Å²) in [6.07, 6.45) is 1.94. The Balaban J connectivity index is 1.69. The van der Waals surface area contributed by atoms with Gasteiger partial charge < -0.3 is 4.90 Å². The second kappa shape index (κ2) is 9.54. The van der Waals surface area contributed by atoms with Crippen molar-refractivity contribution in [1.29, 1.82) is 0 Å². The number of carbonyl (C=O) groups excluding carboxylic acids is 1. The molecule has 0 spiro atoms. The van der Waals surface area contributed by atoms with Gasteiger partial charge in [-0.1, -0.05) is 24.3 Å². The Morgan fingerprint density at radius 1 is 1.12 bits per heavy atom. The maximum atomic E-state index is 13.3. The van der Waals surface area contributed by atoms with E-state index < -0.39 is 10.0 Å². The van der Waals surface area contributed by atoms with Crippen LogP contribution in [0.25, 0.3) is 16.3 Å². The fourth-order valence-corrected chi connectivity index (χ4v) is 5.56. The van der Waals surface area contributed by atoms with Gasteiger partial charge in [0.1, 0.15) is 5.69 Å². The first-order valence-corrected chi connectivity index (χ1v) is 13.1. The lowest BCUT2D eigenvalue weighted by molar-refractivity contribution is 0.0785. The van der Waals surface area contributed by atoms with Crippen LogP contribution in [-0.4, -0.2) is 43.1 Å². The molecule has 2 aromatic heterocycles. The Hall–Kier alpha value is -3.27. The lowest BCUT2D eigenvalue weighted by Gasteiger charge is -2.19. The minimum absolute atomic E-state index is 0.114. The Kier molecular flexibility index (Phi) is 6.70. The second-order valence-corrected chi connectivity index (χ2v) is 10.8. The first-order chi connectivity index (χ1) is 16.2. The van der Waals surface area contributed by atoms with Gasteiger partial charge in [-0.2, -0.15) is 5.10 Å². The zero-order valence-corrected chi connectivity index (χ0v) is 21.1. The normalized spacial score (nSPS) is 11.5. The van der Waals surface area contributed by atoms with Crippen LogP contribution in [0.5, 0.6) is 0 Å². The van der Waals surface area contributed by atoms with Crippen LogP contribution < -0.4 is 4.72 Å². The number of carbonyl (C=O) groups is 1. The molecule has 34 heavy (non-hydrogen) atoms. The number of amides is 1. The number of rotatable bonds is 7. The molecule has 0 radical (unpaired) electrons. The van der Waals surface area contributed by atoms with Crippen molar-refractivity contribution in [2.24, 2.45) is 0 Å². The summed E-state index contributed by atoms with van der Waals surface area (Å²) in [4.78, 5) is 16.1. The maximum absolute atomic E-state index is 13.3. The van der Waals surface area contributed by atoms with Crippen LogP contribution >= 0.6 is 11.3 Å². The Morgan fingerprint density at radius 3 is 2.50 bits per heavy atom. The van der Waals surface area contributed by atoms with Gasteiger partial charge in [0.2, 0.25) is 10.0 Å². The molecule has 0 bridgehead atoms. The smallest absolute Gasteiger partial charge is 0.253 e. The van der Waals surface area contributed by atoms with Crippen LogP contribution in [0, 0.1) is 13.8 Å². The third-order valence-electron chi connectivity index (χ3n) is 5.74. The summed E-state index contributed by atoms with van der Waals surface area (Å²) in [7, 11) is -0.616. The SMILES string of the molecule is CNS(=O)(=O)c1cc(C(=O)N(C)Cc2cn(-c3ccccc3)nc2-c2cccs2)cc(C)c1C. The Bertz CT molecular complexity index is 1430. The third-order valence-corrected chi connectivity index (χ3v) is 8.16. The molecule has 0 saturated heterocycles. The van der Waals surface area contributed by atoms with Crippen molar-refractivity contribution < 1.29 is 13.2 Å². The van der Waals surface area contributed by atoms with Gasteiger partial charge in [0.25, 0.3) is 5.91 Å². The molecule has 4 aromatic rings. The fraction of sp³-hybridized carbons (Fsp3) is 0.200. The molecule has 2 heterocycles. The average molecular weight is 495 g/mol. The highest BCUT2D eigenvalue weighted by atomic mass is 32.2. The molecule has 0 fully saturated rings. The predicted octanol–water partition coefficient (Wildman–Crippen LogP) is 4.40. The zero-order valence-electron chi connectivity index (χ0n) is 19.4. The van der Waals surface area contributed by atoms with E-state index in [1.54, 1.807) is 43.2 Å². The predicted molar refractivity (Wildman–Crippen MR) is 135 cm³/mol. The van der Waals surface area contributed by atoms with Gasteiger partial charge in [-0.05, 0) is 67.7 Å². The molecule has 1 N–H and O–H groups in total. The van der Waals surface area contributed by atoms with E-state index in [0.29, 0.717) is 17.7 Å². The first kappa shape index (κ1) is 23.9. The number of hydrogen-bond donors (Lipinski definition) is 1. The molecule has 0 aliphatic rings. The number of nitrogens with one attached hydrogen (secondary N) is 1. The minimum atomic E-state index is -3.69. The summed E-state index contributed by atoms with van der Waals surface area (Å²) in [5.41, 5.74) is 4.33. The van der Waals surface area contributed by atoms with Gasteiger partial charge in [0.05, 0.1) is 15.5 Å². The topological polar surface area (TPSA) is 84.3 Å². The monoisotopic (exact) mass is 494 g/mol. The molecule has 176 valence electrons.